The summed E-state index contributed by atoms with van der Waals surface area (Å²) in [6, 6.07) is 7.86. The van der Waals surface area contributed by atoms with Gasteiger partial charge >= 0.3 is 0 Å². The van der Waals surface area contributed by atoms with E-state index in [1.54, 1.807) is 12.1 Å². The fraction of sp³-hybridized carbons (Fsp3) is 0.562. The zero-order valence-electron chi connectivity index (χ0n) is 11.9. The Kier molecular flexibility index (Phi) is 3.99. The third kappa shape index (κ3) is 2.99. The average Bonchev–Trinajstić information content (AvgIpc) is 3.31. The number of hydrogen-bond donors (Lipinski definition) is 0. The van der Waals surface area contributed by atoms with Gasteiger partial charge in [-0.25, -0.2) is 0 Å². The zero-order valence-corrected chi connectivity index (χ0v) is 12.6. The number of carbonyl (C=O) groups is 1. The van der Waals surface area contributed by atoms with Gasteiger partial charge in [0.15, 0.2) is 0 Å². The van der Waals surface area contributed by atoms with E-state index in [4.69, 9.17) is 11.6 Å². The molecule has 1 unspecified atom stereocenters. The molecule has 0 N–H and O–H groups in total. The van der Waals surface area contributed by atoms with Gasteiger partial charge in [0.25, 0.3) is 5.91 Å². The lowest BCUT2D eigenvalue weighted by Crippen LogP contribution is -2.51. The lowest BCUT2D eigenvalue weighted by molar-refractivity contribution is 0.0564. The predicted octanol–water partition coefficient (Wildman–Crippen LogP) is 2.90. The highest BCUT2D eigenvalue weighted by atomic mass is 35.5. The van der Waals surface area contributed by atoms with Gasteiger partial charge in [0.2, 0.25) is 0 Å². The van der Waals surface area contributed by atoms with Crippen LogP contribution in [0.1, 0.15) is 30.1 Å². The van der Waals surface area contributed by atoms with Crippen molar-refractivity contribution in [2.45, 2.75) is 25.8 Å². The molecule has 0 aromatic heterocycles. The van der Waals surface area contributed by atoms with Crippen molar-refractivity contribution in [1.29, 1.82) is 0 Å². The van der Waals surface area contributed by atoms with Crippen LogP contribution in [0.15, 0.2) is 24.3 Å². The van der Waals surface area contributed by atoms with Gasteiger partial charge in [-0.3, -0.25) is 9.69 Å². The topological polar surface area (TPSA) is 23.6 Å². The lowest BCUT2D eigenvalue weighted by atomic mass is 10.1. The van der Waals surface area contributed by atoms with E-state index in [1.807, 2.05) is 17.0 Å². The highest BCUT2D eigenvalue weighted by molar-refractivity contribution is 6.30. The number of nitrogens with zero attached hydrogens (tertiary/aromatic N) is 2. The van der Waals surface area contributed by atoms with Crippen molar-refractivity contribution in [1.82, 2.24) is 9.80 Å². The second-order valence-electron chi connectivity index (χ2n) is 5.91. The molecular weight excluding hydrogens is 272 g/mol. The molecule has 4 heteroatoms. The number of carbonyl (C=O) groups excluding carboxylic acids is 1. The van der Waals surface area contributed by atoms with Crippen LogP contribution in [-0.2, 0) is 0 Å². The minimum absolute atomic E-state index is 0.125. The third-order valence-electron chi connectivity index (χ3n) is 4.57. The summed E-state index contributed by atoms with van der Waals surface area (Å²) in [7, 11) is 0. The van der Waals surface area contributed by atoms with Crippen LogP contribution in [0.3, 0.4) is 0 Å². The molecule has 0 bridgehead atoms. The SMILES string of the molecule is CC(C1CC1)N1CCN(C(=O)c2ccc(Cl)cc2)CC1. The monoisotopic (exact) mass is 292 g/mol. The Morgan fingerprint density at radius 2 is 1.75 bits per heavy atom. The van der Waals surface area contributed by atoms with Gasteiger partial charge < -0.3 is 4.90 Å². The Morgan fingerprint density at radius 1 is 1.15 bits per heavy atom. The Hall–Kier alpha value is -1.06. The largest absolute Gasteiger partial charge is 0.336 e. The number of halogens is 1. The van der Waals surface area contributed by atoms with Crippen molar-refractivity contribution in [3.8, 4) is 0 Å². The van der Waals surface area contributed by atoms with E-state index in [2.05, 4.69) is 11.8 Å². The van der Waals surface area contributed by atoms with E-state index in [0.717, 1.165) is 37.7 Å². The van der Waals surface area contributed by atoms with Gasteiger partial charge in [0, 0.05) is 42.8 Å². The Labute approximate surface area is 125 Å². The quantitative estimate of drug-likeness (QED) is 0.855. The lowest BCUT2D eigenvalue weighted by Gasteiger charge is -2.38. The van der Waals surface area contributed by atoms with Crippen molar-refractivity contribution >= 4 is 17.5 Å². The maximum atomic E-state index is 12.4. The molecule has 1 aliphatic carbocycles. The summed E-state index contributed by atoms with van der Waals surface area (Å²) < 4.78 is 0. The van der Waals surface area contributed by atoms with Crippen LogP contribution in [0.5, 0.6) is 0 Å². The standard InChI is InChI=1S/C16H21ClN2O/c1-12(13-2-3-13)18-8-10-19(11-9-18)16(20)14-4-6-15(17)7-5-14/h4-7,12-13H,2-3,8-11H2,1H3. The molecule has 1 saturated carbocycles. The first kappa shape index (κ1) is 13.9. The molecule has 2 fully saturated rings. The maximum Gasteiger partial charge on any atom is 0.253 e. The number of amides is 1. The molecule has 0 spiro atoms. The average molecular weight is 293 g/mol. The Morgan fingerprint density at radius 3 is 2.30 bits per heavy atom. The van der Waals surface area contributed by atoms with Crippen LogP contribution >= 0.6 is 11.6 Å². The first-order valence-electron chi connectivity index (χ1n) is 7.44. The fourth-order valence-corrected chi connectivity index (χ4v) is 3.11. The molecule has 108 valence electrons. The summed E-state index contributed by atoms with van der Waals surface area (Å²) in [5, 5.41) is 0.671. The first-order chi connectivity index (χ1) is 9.65. The molecule has 1 aromatic rings. The van der Waals surface area contributed by atoms with Gasteiger partial charge in [0.05, 0.1) is 0 Å². The summed E-state index contributed by atoms with van der Waals surface area (Å²) in [6.07, 6.45) is 2.76. The van der Waals surface area contributed by atoms with E-state index in [9.17, 15) is 4.79 Å². The van der Waals surface area contributed by atoms with Crippen LogP contribution in [0, 0.1) is 5.92 Å². The van der Waals surface area contributed by atoms with Gasteiger partial charge in [-0.15, -0.1) is 0 Å². The van der Waals surface area contributed by atoms with Crippen molar-refractivity contribution < 1.29 is 4.79 Å². The van der Waals surface area contributed by atoms with Crippen LogP contribution < -0.4 is 0 Å². The molecule has 1 amide bonds. The molecule has 1 heterocycles. The predicted molar refractivity (Wildman–Crippen MR) is 81.1 cm³/mol. The summed E-state index contributed by atoms with van der Waals surface area (Å²) in [5.74, 6) is 1.02. The van der Waals surface area contributed by atoms with Gasteiger partial charge in [-0.2, -0.15) is 0 Å². The van der Waals surface area contributed by atoms with Crippen LogP contribution in [0.4, 0.5) is 0 Å². The van der Waals surface area contributed by atoms with Gasteiger partial charge in [-0.05, 0) is 49.9 Å². The molecule has 1 aromatic carbocycles. The van der Waals surface area contributed by atoms with E-state index in [-0.39, 0.29) is 5.91 Å². The molecular formula is C16H21ClN2O. The molecule has 3 nitrogen and oxygen atoms in total. The highest BCUT2D eigenvalue weighted by Crippen LogP contribution is 2.35. The molecule has 2 aliphatic rings. The minimum atomic E-state index is 0.125. The van der Waals surface area contributed by atoms with Gasteiger partial charge in [-0.1, -0.05) is 11.6 Å². The minimum Gasteiger partial charge on any atom is -0.336 e. The highest BCUT2D eigenvalue weighted by Gasteiger charge is 2.34. The molecule has 1 saturated heterocycles. The number of piperazine rings is 1. The smallest absolute Gasteiger partial charge is 0.253 e. The van der Waals surface area contributed by atoms with Crippen molar-refractivity contribution in [3.63, 3.8) is 0 Å². The van der Waals surface area contributed by atoms with E-state index in [1.165, 1.54) is 12.8 Å². The van der Waals surface area contributed by atoms with Crippen molar-refractivity contribution in [2.24, 2.45) is 5.92 Å². The zero-order chi connectivity index (χ0) is 14.1. The number of hydrogen-bond acceptors (Lipinski definition) is 2. The van der Waals surface area contributed by atoms with Crippen molar-refractivity contribution in [3.05, 3.63) is 34.9 Å². The molecule has 3 rings (SSSR count). The normalized spacial score (nSPS) is 21.8. The number of rotatable bonds is 3. The molecule has 1 aliphatic heterocycles. The summed E-state index contributed by atoms with van der Waals surface area (Å²) in [4.78, 5) is 16.9. The van der Waals surface area contributed by atoms with Crippen LogP contribution in [-0.4, -0.2) is 47.9 Å². The fourth-order valence-electron chi connectivity index (χ4n) is 2.98. The molecule has 0 radical (unpaired) electrons. The second-order valence-corrected chi connectivity index (χ2v) is 6.35. The Bertz CT molecular complexity index is 476. The Balaban J connectivity index is 1.57. The van der Waals surface area contributed by atoms with E-state index in [0.29, 0.717) is 11.1 Å². The summed E-state index contributed by atoms with van der Waals surface area (Å²) >= 11 is 5.86. The maximum absolute atomic E-state index is 12.4. The third-order valence-corrected chi connectivity index (χ3v) is 4.82. The van der Waals surface area contributed by atoms with Crippen molar-refractivity contribution in [2.75, 3.05) is 26.2 Å². The summed E-state index contributed by atoms with van der Waals surface area (Å²) in [5.41, 5.74) is 0.734. The van der Waals surface area contributed by atoms with E-state index >= 15 is 0 Å². The molecule has 20 heavy (non-hydrogen) atoms. The molecule has 1 atom stereocenters. The summed E-state index contributed by atoms with van der Waals surface area (Å²) in [6.45, 7) is 5.99. The van der Waals surface area contributed by atoms with E-state index < -0.39 is 0 Å². The van der Waals surface area contributed by atoms with Crippen LogP contribution in [0.25, 0.3) is 0 Å². The van der Waals surface area contributed by atoms with Crippen LogP contribution in [0.2, 0.25) is 5.02 Å². The number of benzene rings is 1. The second kappa shape index (κ2) is 5.74. The van der Waals surface area contributed by atoms with Gasteiger partial charge in [0.1, 0.15) is 0 Å². The first-order valence-corrected chi connectivity index (χ1v) is 7.82.